The van der Waals surface area contributed by atoms with E-state index in [0.29, 0.717) is 6.54 Å². The van der Waals surface area contributed by atoms with Gasteiger partial charge in [-0.25, -0.2) is 0 Å². The Bertz CT molecular complexity index is 386. The minimum absolute atomic E-state index is 0.158. The fourth-order valence-corrected chi connectivity index (χ4v) is 2.15. The molecule has 1 N–H and O–H groups in total. The number of benzene rings is 1. The van der Waals surface area contributed by atoms with Gasteiger partial charge in [0.05, 0.1) is 0 Å². The molecule has 1 rings (SSSR count). The zero-order valence-electron chi connectivity index (χ0n) is 9.30. The van der Waals surface area contributed by atoms with Crippen LogP contribution in [0.25, 0.3) is 0 Å². The van der Waals surface area contributed by atoms with Gasteiger partial charge in [0.1, 0.15) is 0 Å². The Kier molecular flexibility index (Phi) is 5.97. The van der Waals surface area contributed by atoms with Crippen molar-refractivity contribution in [1.29, 1.82) is 0 Å². The van der Waals surface area contributed by atoms with Gasteiger partial charge in [0, 0.05) is 44.9 Å². The summed E-state index contributed by atoms with van der Waals surface area (Å²) in [5, 5.41) is 4.16. The van der Waals surface area contributed by atoms with Crippen molar-refractivity contribution in [2.24, 2.45) is 0 Å². The maximum atomic E-state index is 11.1. The van der Waals surface area contributed by atoms with E-state index in [4.69, 9.17) is 11.6 Å². The molecule has 0 radical (unpaired) electrons. The number of rotatable bonds is 5. The quantitative estimate of drug-likeness (QED) is 0.902. The van der Waals surface area contributed by atoms with E-state index in [2.05, 4.69) is 21.2 Å². The number of halogens is 2. The maximum Gasteiger partial charge on any atom is 0.0451 e. The third-order valence-corrected chi connectivity index (χ3v) is 4.48. The van der Waals surface area contributed by atoms with Crippen LogP contribution in [0.2, 0.25) is 5.02 Å². The highest BCUT2D eigenvalue weighted by molar-refractivity contribution is 9.10. The molecule has 0 amide bonds. The predicted molar refractivity (Wildman–Crippen MR) is 74.4 cm³/mol. The molecular formula is C11H15BrClNOS. The lowest BCUT2D eigenvalue weighted by atomic mass is 10.2. The topological polar surface area (TPSA) is 29.1 Å². The van der Waals surface area contributed by atoms with E-state index < -0.39 is 10.8 Å². The van der Waals surface area contributed by atoms with Crippen molar-refractivity contribution in [3.8, 4) is 0 Å². The van der Waals surface area contributed by atoms with Crippen LogP contribution in [-0.4, -0.2) is 22.3 Å². The molecule has 0 aliphatic carbocycles. The molecular weight excluding hydrogens is 310 g/mol. The van der Waals surface area contributed by atoms with Crippen molar-refractivity contribution in [2.45, 2.75) is 18.7 Å². The van der Waals surface area contributed by atoms with Crippen LogP contribution in [0.15, 0.2) is 22.7 Å². The van der Waals surface area contributed by atoms with Gasteiger partial charge >= 0.3 is 0 Å². The van der Waals surface area contributed by atoms with Crippen molar-refractivity contribution >= 4 is 38.3 Å². The van der Waals surface area contributed by atoms with Gasteiger partial charge in [0.15, 0.2) is 0 Å². The van der Waals surface area contributed by atoms with Crippen LogP contribution < -0.4 is 5.32 Å². The molecule has 2 nitrogen and oxygen atoms in total. The second kappa shape index (κ2) is 6.74. The summed E-state index contributed by atoms with van der Waals surface area (Å²) < 4.78 is 12.2. The smallest absolute Gasteiger partial charge is 0.0451 e. The van der Waals surface area contributed by atoms with Gasteiger partial charge in [-0.3, -0.25) is 4.21 Å². The summed E-state index contributed by atoms with van der Waals surface area (Å²) in [6, 6.07) is 5.77. The molecule has 0 aliphatic rings. The average Bonchev–Trinajstić information content (AvgIpc) is 2.22. The zero-order chi connectivity index (χ0) is 12.1. The van der Waals surface area contributed by atoms with Crippen molar-refractivity contribution in [1.82, 2.24) is 5.32 Å². The second-order valence-corrected chi connectivity index (χ2v) is 6.80. The molecule has 1 aromatic rings. The second-order valence-electron chi connectivity index (χ2n) is 3.68. The van der Waals surface area contributed by atoms with Crippen LogP contribution in [0.5, 0.6) is 0 Å². The molecule has 5 heteroatoms. The lowest BCUT2D eigenvalue weighted by molar-refractivity contribution is 0.647. The van der Waals surface area contributed by atoms with Crippen molar-refractivity contribution in [2.75, 3.05) is 12.8 Å². The molecule has 1 aromatic carbocycles. The molecule has 0 saturated carbocycles. The van der Waals surface area contributed by atoms with E-state index in [0.717, 1.165) is 21.6 Å². The van der Waals surface area contributed by atoms with E-state index in [1.807, 2.05) is 25.1 Å². The van der Waals surface area contributed by atoms with Crippen LogP contribution in [0.4, 0.5) is 0 Å². The summed E-state index contributed by atoms with van der Waals surface area (Å²) in [5.74, 6) is 0. The molecule has 0 heterocycles. The summed E-state index contributed by atoms with van der Waals surface area (Å²) in [5.41, 5.74) is 1.05. The Morgan fingerprint density at radius 2 is 2.25 bits per heavy atom. The zero-order valence-corrected chi connectivity index (χ0v) is 12.5. The van der Waals surface area contributed by atoms with Crippen LogP contribution in [-0.2, 0) is 17.3 Å². The summed E-state index contributed by atoms with van der Waals surface area (Å²) in [6.07, 6.45) is 1.72. The molecule has 0 saturated heterocycles. The van der Waals surface area contributed by atoms with Crippen molar-refractivity contribution in [3.05, 3.63) is 33.3 Å². The molecule has 0 fully saturated rings. The van der Waals surface area contributed by atoms with Crippen LogP contribution >= 0.6 is 27.5 Å². The highest BCUT2D eigenvalue weighted by Gasteiger charge is 2.06. The normalized spacial score (nSPS) is 14.8. The molecule has 0 aliphatic heterocycles. The Balaban J connectivity index is 2.48. The first kappa shape index (κ1) is 14.2. The van der Waals surface area contributed by atoms with Gasteiger partial charge in [0.25, 0.3) is 0 Å². The minimum Gasteiger partial charge on any atom is -0.311 e. The van der Waals surface area contributed by atoms with Gasteiger partial charge in [-0.15, -0.1) is 0 Å². The standard InChI is InChI=1S/C11H15BrClNOS/c1-8(16(2)15)6-14-7-9-5-10(12)3-4-11(9)13/h3-5,8,14H,6-7H2,1-2H3. The van der Waals surface area contributed by atoms with E-state index in [-0.39, 0.29) is 5.25 Å². The van der Waals surface area contributed by atoms with Gasteiger partial charge < -0.3 is 5.32 Å². The van der Waals surface area contributed by atoms with Gasteiger partial charge in [0.2, 0.25) is 0 Å². The van der Waals surface area contributed by atoms with Crippen LogP contribution in [0.1, 0.15) is 12.5 Å². The SMILES string of the molecule is CC(CNCc1cc(Br)ccc1Cl)S(C)=O. The lowest BCUT2D eigenvalue weighted by Crippen LogP contribution is -2.27. The Morgan fingerprint density at radius 1 is 1.56 bits per heavy atom. The molecule has 2 atom stereocenters. The highest BCUT2D eigenvalue weighted by atomic mass is 79.9. The van der Waals surface area contributed by atoms with Gasteiger partial charge in [-0.2, -0.15) is 0 Å². The fraction of sp³-hybridized carbons (Fsp3) is 0.455. The third-order valence-electron chi connectivity index (χ3n) is 2.32. The van der Waals surface area contributed by atoms with Gasteiger partial charge in [-0.05, 0) is 30.7 Å². The Hall–Kier alpha value is 0.1000. The number of hydrogen-bond donors (Lipinski definition) is 1. The van der Waals surface area contributed by atoms with E-state index >= 15 is 0 Å². The van der Waals surface area contributed by atoms with Crippen molar-refractivity contribution in [3.63, 3.8) is 0 Å². The highest BCUT2D eigenvalue weighted by Crippen LogP contribution is 2.20. The molecule has 0 spiro atoms. The molecule has 90 valence electrons. The molecule has 0 aromatic heterocycles. The maximum absolute atomic E-state index is 11.1. The van der Waals surface area contributed by atoms with Crippen LogP contribution in [0, 0.1) is 0 Å². The van der Waals surface area contributed by atoms with E-state index in [9.17, 15) is 4.21 Å². The molecule has 2 unspecified atom stereocenters. The summed E-state index contributed by atoms with van der Waals surface area (Å²) in [6.45, 7) is 3.39. The fourth-order valence-electron chi connectivity index (χ4n) is 1.21. The first-order valence-corrected chi connectivity index (χ1v) is 7.77. The van der Waals surface area contributed by atoms with Crippen LogP contribution in [0.3, 0.4) is 0 Å². The Labute approximate surface area is 112 Å². The first-order valence-electron chi connectivity index (χ1n) is 4.97. The average molecular weight is 325 g/mol. The summed E-state index contributed by atoms with van der Waals surface area (Å²) in [7, 11) is -0.783. The summed E-state index contributed by atoms with van der Waals surface area (Å²) in [4.78, 5) is 0. The third kappa shape index (κ3) is 4.53. The van der Waals surface area contributed by atoms with Crippen molar-refractivity contribution < 1.29 is 4.21 Å². The summed E-state index contributed by atoms with van der Waals surface area (Å²) >= 11 is 9.46. The number of nitrogens with one attached hydrogen (secondary N) is 1. The number of hydrogen-bond acceptors (Lipinski definition) is 2. The van der Waals surface area contributed by atoms with E-state index in [1.54, 1.807) is 6.26 Å². The molecule has 0 bridgehead atoms. The Morgan fingerprint density at radius 3 is 2.88 bits per heavy atom. The predicted octanol–water partition coefficient (Wildman–Crippen LogP) is 2.96. The monoisotopic (exact) mass is 323 g/mol. The van der Waals surface area contributed by atoms with E-state index in [1.165, 1.54) is 0 Å². The largest absolute Gasteiger partial charge is 0.311 e. The first-order chi connectivity index (χ1) is 7.50. The molecule has 16 heavy (non-hydrogen) atoms. The minimum atomic E-state index is -0.783. The van der Waals surface area contributed by atoms with Gasteiger partial charge in [-0.1, -0.05) is 27.5 Å². The lowest BCUT2D eigenvalue weighted by Gasteiger charge is -2.11.